The van der Waals surface area contributed by atoms with Crippen LogP contribution in [-0.4, -0.2) is 53.5 Å². The number of nitrogens with one attached hydrogen (secondary N) is 2. The minimum absolute atomic E-state index is 0.138. The minimum Gasteiger partial charge on any atom is -0.323 e. The smallest absolute Gasteiger partial charge is 0.322 e. The molecule has 3 saturated heterocycles. The first-order valence-electron chi connectivity index (χ1n) is 11.8. The molecular weight excluding hydrogens is 420 g/mol. The van der Waals surface area contributed by atoms with Crippen LogP contribution in [0, 0.1) is 5.92 Å². The molecule has 2 N–H and O–H groups in total. The number of nitrogens with zero attached hydrogens (tertiary/aromatic N) is 2. The monoisotopic (exact) mass is 452 g/mol. The van der Waals surface area contributed by atoms with Crippen LogP contribution in [0.2, 0.25) is 0 Å². The first-order valence-corrected chi connectivity index (χ1v) is 12.7. The van der Waals surface area contributed by atoms with Crippen molar-refractivity contribution in [1.82, 2.24) is 20.4 Å². The summed E-state index contributed by atoms with van der Waals surface area (Å²) in [5.74, 6) is -0.0333. The van der Waals surface area contributed by atoms with Gasteiger partial charge in [-0.2, -0.15) is 0 Å². The van der Waals surface area contributed by atoms with E-state index in [1.165, 1.54) is 36.4 Å². The lowest BCUT2D eigenvalue weighted by Crippen LogP contribution is -2.57. The molecule has 1 atom stereocenters. The van der Waals surface area contributed by atoms with Crippen molar-refractivity contribution in [2.75, 3.05) is 26.2 Å². The number of carbonyl (C=O) groups is 2. The highest BCUT2D eigenvalue weighted by Gasteiger charge is 2.52. The predicted octanol–water partition coefficient (Wildman–Crippen LogP) is 3.38. The van der Waals surface area contributed by atoms with Crippen LogP contribution in [0.4, 0.5) is 4.79 Å². The van der Waals surface area contributed by atoms with E-state index >= 15 is 0 Å². The Labute approximate surface area is 194 Å². The summed E-state index contributed by atoms with van der Waals surface area (Å²) in [5.41, 5.74) is 1.68. The van der Waals surface area contributed by atoms with Crippen molar-refractivity contribution in [3.8, 4) is 0 Å². The van der Waals surface area contributed by atoms with Crippen molar-refractivity contribution in [1.29, 1.82) is 0 Å². The second kappa shape index (κ2) is 9.33. The number of likely N-dealkylation sites (tertiary alicyclic amines) is 2. The van der Waals surface area contributed by atoms with Crippen molar-refractivity contribution in [2.24, 2.45) is 5.92 Å². The Bertz CT molecular complexity index is 948. The zero-order chi connectivity index (χ0) is 22.0. The van der Waals surface area contributed by atoms with Crippen molar-refractivity contribution in [2.45, 2.75) is 50.7 Å². The zero-order valence-electron chi connectivity index (χ0n) is 18.5. The molecule has 1 aromatic carbocycles. The van der Waals surface area contributed by atoms with Gasteiger partial charge in [-0.05, 0) is 80.4 Å². The molecule has 0 bridgehead atoms. The first-order chi connectivity index (χ1) is 15.6. The van der Waals surface area contributed by atoms with E-state index in [-0.39, 0.29) is 17.9 Å². The van der Waals surface area contributed by atoms with Gasteiger partial charge >= 0.3 is 6.03 Å². The molecule has 3 fully saturated rings. The molecule has 2 aromatic rings. The Hall–Kier alpha value is -2.22. The Kier molecular flexibility index (Phi) is 6.31. The molecule has 4 heterocycles. The average Bonchev–Trinajstić information content (AvgIpc) is 3.52. The van der Waals surface area contributed by atoms with E-state index in [4.69, 9.17) is 0 Å². The van der Waals surface area contributed by atoms with E-state index in [0.29, 0.717) is 6.42 Å². The molecule has 5 rings (SSSR count). The fraction of sp³-hybridized carbons (Fsp3) is 0.520. The molecule has 3 aliphatic heterocycles. The van der Waals surface area contributed by atoms with Gasteiger partial charge in [0, 0.05) is 24.4 Å². The van der Waals surface area contributed by atoms with E-state index in [2.05, 4.69) is 31.9 Å². The number of amides is 3. The van der Waals surface area contributed by atoms with Crippen molar-refractivity contribution in [3.05, 3.63) is 57.8 Å². The van der Waals surface area contributed by atoms with Crippen LogP contribution in [0.1, 0.15) is 41.7 Å². The Balaban J connectivity index is 1.20. The van der Waals surface area contributed by atoms with Crippen LogP contribution < -0.4 is 10.6 Å². The Morgan fingerprint density at radius 1 is 0.938 bits per heavy atom. The fourth-order valence-corrected chi connectivity index (χ4v) is 6.50. The van der Waals surface area contributed by atoms with Gasteiger partial charge in [0.1, 0.15) is 5.54 Å². The van der Waals surface area contributed by atoms with Crippen molar-refractivity contribution < 1.29 is 9.59 Å². The number of thiophene rings is 1. The highest BCUT2D eigenvalue weighted by atomic mass is 32.1. The molecule has 0 aliphatic carbocycles. The van der Waals surface area contributed by atoms with Crippen molar-refractivity contribution >= 4 is 23.3 Å². The molecule has 0 saturated carbocycles. The molecule has 1 aromatic heterocycles. The van der Waals surface area contributed by atoms with Crippen LogP contribution in [0.5, 0.6) is 0 Å². The first kappa shape index (κ1) is 21.6. The summed E-state index contributed by atoms with van der Waals surface area (Å²) in [4.78, 5) is 31.5. The number of hydrogen-bond donors (Lipinski definition) is 2. The van der Waals surface area contributed by atoms with Gasteiger partial charge in [-0.25, -0.2) is 4.79 Å². The summed E-state index contributed by atoms with van der Waals surface area (Å²) in [6, 6.07) is 12.0. The van der Waals surface area contributed by atoms with Gasteiger partial charge < -0.3 is 5.32 Å². The molecule has 3 amide bonds. The number of imide groups is 1. The van der Waals surface area contributed by atoms with E-state index in [0.717, 1.165) is 44.6 Å². The topological polar surface area (TPSA) is 64.7 Å². The van der Waals surface area contributed by atoms with Gasteiger partial charge in [-0.15, -0.1) is 11.3 Å². The van der Waals surface area contributed by atoms with Gasteiger partial charge in [0.25, 0.3) is 5.91 Å². The minimum atomic E-state index is -0.837. The molecule has 0 spiro atoms. The van der Waals surface area contributed by atoms with Gasteiger partial charge in [0.05, 0.1) is 0 Å². The highest BCUT2D eigenvalue weighted by Crippen LogP contribution is 2.34. The summed E-state index contributed by atoms with van der Waals surface area (Å²) in [6.07, 6.45) is 5.02. The highest BCUT2D eigenvalue weighted by molar-refractivity contribution is 7.10. The lowest BCUT2D eigenvalue weighted by Gasteiger charge is -2.40. The van der Waals surface area contributed by atoms with E-state index in [1.807, 2.05) is 41.7 Å². The maximum Gasteiger partial charge on any atom is 0.322 e. The van der Waals surface area contributed by atoms with Gasteiger partial charge in [0.15, 0.2) is 0 Å². The molecular formula is C25H32N4O2S. The summed E-state index contributed by atoms with van der Waals surface area (Å²) in [7, 11) is 0. The molecule has 1 unspecified atom stereocenters. The second-order valence-corrected chi connectivity index (χ2v) is 10.5. The van der Waals surface area contributed by atoms with Crippen LogP contribution in [0.25, 0.3) is 0 Å². The number of hydrogen-bond acceptors (Lipinski definition) is 5. The predicted molar refractivity (Wildman–Crippen MR) is 126 cm³/mol. The average molecular weight is 453 g/mol. The maximum absolute atomic E-state index is 12.9. The number of carbonyl (C=O) groups excluding carboxylic acids is 2. The number of piperidine rings is 1. The third-order valence-electron chi connectivity index (χ3n) is 7.27. The largest absolute Gasteiger partial charge is 0.323 e. The summed E-state index contributed by atoms with van der Waals surface area (Å²) in [5, 5.41) is 7.83. The van der Waals surface area contributed by atoms with Gasteiger partial charge in [0.2, 0.25) is 0 Å². The second-order valence-electron chi connectivity index (χ2n) is 9.50. The summed E-state index contributed by atoms with van der Waals surface area (Å²) >= 11 is 1.86. The third kappa shape index (κ3) is 4.60. The Morgan fingerprint density at radius 2 is 1.66 bits per heavy atom. The molecule has 6 nitrogen and oxygen atoms in total. The number of rotatable bonds is 7. The molecule has 0 radical (unpaired) electrons. The van der Waals surface area contributed by atoms with Crippen LogP contribution in [0.3, 0.4) is 0 Å². The molecule has 3 aliphatic rings. The van der Waals surface area contributed by atoms with E-state index < -0.39 is 5.54 Å². The molecule has 32 heavy (non-hydrogen) atoms. The van der Waals surface area contributed by atoms with Crippen LogP contribution >= 0.6 is 11.3 Å². The third-order valence-corrected chi connectivity index (χ3v) is 8.24. The molecule has 7 heteroatoms. The number of urea groups is 1. The normalized spacial score (nSPS) is 25.2. The van der Waals surface area contributed by atoms with Crippen LogP contribution in [0.15, 0.2) is 41.8 Å². The van der Waals surface area contributed by atoms with E-state index in [1.54, 1.807) is 0 Å². The zero-order valence-corrected chi connectivity index (χ0v) is 19.3. The standard InChI is InChI=1S/C25H32N4O2S/c30-23-25(27-24(31)26-23,15-19-6-2-1-3-7-19)21-8-12-29(13-9-21)17-22-14-20(18-32-22)16-28-10-4-5-11-28/h1-3,6-7,14,18,21H,4-5,8-13,15-17H2,(H2,26,27,30,31). The quantitative estimate of drug-likeness (QED) is 0.632. The fourth-order valence-electron chi connectivity index (χ4n) is 5.57. The summed E-state index contributed by atoms with van der Waals surface area (Å²) < 4.78 is 0. The summed E-state index contributed by atoms with van der Waals surface area (Å²) in [6.45, 7) is 6.41. The lowest BCUT2D eigenvalue weighted by atomic mass is 9.74. The SMILES string of the molecule is O=C1NC(=O)C(Cc2ccccc2)(C2CCN(Cc3cc(CN4CCCC4)cs3)CC2)N1. The van der Waals surface area contributed by atoms with Crippen molar-refractivity contribution in [3.63, 3.8) is 0 Å². The molecule has 170 valence electrons. The lowest BCUT2D eigenvalue weighted by molar-refractivity contribution is -0.126. The van der Waals surface area contributed by atoms with E-state index in [9.17, 15) is 9.59 Å². The maximum atomic E-state index is 12.9. The van der Waals surface area contributed by atoms with Gasteiger partial charge in [-0.3, -0.25) is 19.9 Å². The number of benzene rings is 1. The van der Waals surface area contributed by atoms with Gasteiger partial charge in [-0.1, -0.05) is 30.3 Å². The Morgan fingerprint density at radius 3 is 2.34 bits per heavy atom. The van der Waals surface area contributed by atoms with Crippen LogP contribution in [-0.2, 0) is 24.3 Å².